The maximum atomic E-state index is 13.0. The number of ether oxygens (including phenoxy) is 2. The van der Waals surface area contributed by atoms with Crippen LogP contribution in [0, 0.1) is 0 Å². The molecule has 4 nitrogen and oxygen atoms in total. The van der Waals surface area contributed by atoms with Crippen LogP contribution >= 0.6 is 22.7 Å². The molecule has 140 valence electrons. The monoisotopic (exact) mass is 399 g/mol. The van der Waals surface area contributed by atoms with Crippen LogP contribution in [-0.4, -0.2) is 30.6 Å². The molecule has 2 aromatic heterocycles. The van der Waals surface area contributed by atoms with E-state index in [0.717, 1.165) is 18.7 Å². The molecule has 0 aliphatic carbocycles. The van der Waals surface area contributed by atoms with Crippen LogP contribution in [0.1, 0.15) is 28.3 Å². The maximum absolute atomic E-state index is 13.0. The first-order valence-electron chi connectivity index (χ1n) is 9.01. The summed E-state index contributed by atoms with van der Waals surface area (Å²) in [7, 11) is 0. The molecule has 0 fully saturated rings. The number of nitrogens with zero attached hydrogens (tertiary/aromatic N) is 1. The van der Waals surface area contributed by atoms with Gasteiger partial charge in [-0.2, -0.15) is 0 Å². The molecule has 4 rings (SSSR count). The van der Waals surface area contributed by atoms with Crippen molar-refractivity contribution >= 4 is 28.6 Å². The quantitative estimate of drug-likeness (QED) is 0.600. The Morgan fingerprint density at radius 3 is 2.56 bits per heavy atom. The van der Waals surface area contributed by atoms with Crippen molar-refractivity contribution in [1.29, 1.82) is 0 Å². The predicted octanol–water partition coefficient (Wildman–Crippen LogP) is 4.76. The molecule has 0 spiro atoms. The molecule has 0 radical (unpaired) electrons. The Morgan fingerprint density at radius 2 is 1.85 bits per heavy atom. The van der Waals surface area contributed by atoms with Gasteiger partial charge in [-0.15, -0.1) is 22.7 Å². The Hall–Kier alpha value is -2.31. The number of benzene rings is 1. The molecule has 6 heteroatoms. The molecule has 3 aromatic rings. The topological polar surface area (TPSA) is 38.8 Å². The van der Waals surface area contributed by atoms with Gasteiger partial charge in [0, 0.05) is 16.3 Å². The summed E-state index contributed by atoms with van der Waals surface area (Å²) >= 11 is 3.47. The minimum atomic E-state index is -0.00331. The first-order chi connectivity index (χ1) is 13.3. The summed E-state index contributed by atoms with van der Waals surface area (Å²) in [6.45, 7) is 3.34. The Labute approximate surface area is 167 Å². The summed E-state index contributed by atoms with van der Waals surface area (Å²) in [6, 6.07) is 13.7. The van der Waals surface area contributed by atoms with Crippen molar-refractivity contribution in [3.05, 3.63) is 68.5 Å². The Morgan fingerprint density at radius 1 is 1.07 bits per heavy atom. The van der Waals surface area contributed by atoms with Crippen LogP contribution in [0.3, 0.4) is 0 Å². The second-order valence-electron chi connectivity index (χ2n) is 6.25. The van der Waals surface area contributed by atoms with Crippen molar-refractivity contribution in [2.75, 3.05) is 19.8 Å². The molecule has 1 atom stereocenters. The van der Waals surface area contributed by atoms with Gasteiger partial charge in [0.25, 0.3) is 5.91 Å². The lowest BCUT2D eigenvalue weighted by atomic mass is 9.98. The van der Waals surface area contributed by atoms with Crippen LogP contribution in [0.4, 0.5) is 0 Å². The van der Waals surface area contributed by atoms with E-state index >= 15 is 0 Å². The number of amides is 1. The van der Waals surface area contributed by atoms with E-state index in [2.05, 4.69) is 22.9 Å². The molecule has 27 heavy (non-hydrogen) atoms. The molecule has 0 bridgehead atoms. The van der Waals surface area contributed by atoms with Gasteiger partial charge in [0.05, 0.1) is 12.6 Å². The van der Waals surface area contributed by atoms with Crippen molar-refractivity contribution in [2.45, 2.75) is 19.4 Å². The highest BCUT2D eigenvalue weighted by atomic mass is 32.1. The highest BCUT2D eigenvalue weighted by Gasteiger charge is 2.33. The zero-order chi connectivity index (χ0) is 18.6. The van der Waals surface area contributed by atoms with E-state index in [4.69, 9.17) is 9.47 Å². The van der Waals surface area contributed by atoms with Crippen LogP contribution in [0.5, 0.6) is 11.5 Å². The van der Waals surface area contributed by atoms with E-state index < -0.39 is 0 Å². The smallest absolute Gasteiger partial charge is 0.261 e. The number of carbonyl (C=O) groups is 1. The zero-order valence-corrected chi connectivity index (χ0v) is 16.7. The fourth-order valence-electron chi connectivity index (χ4n) is 3.37. The van der Waals surface area contributed by atoms with Crippen LogP contribution in [-0.2, 0) is 11.2 Å². The number of fused-ring (bicyclic) bond motifs is 1. The molecule has 0 N–H and O–H groups in total. The summed E-state index contributed by atoms with van der Waals surface area (Å²) < 4.78 is 11.2. The molecular weight excluding hydrogens is 378 g/mol. The molecule has 0 saturated carbocycles. The lowest BCUT2D eigenvalue weighted by Crippen LogP contribution is -2.42. The fourth-order valence-corrected chi connectivity index (χ4v) is 5.12. The second-order valence-corrected chi connectivity index (χ2v) is 8.23. The summed E-state index contributed by atoms with van der Waals surface area (Å²) in [4.78, 5) is 17.5. The van der Waals surface area contributed by atoms with Gasteiger partial charge in [-0.1, -0.05) is 6.07 Å². The van der Waals surface area contributed by atoms with Gasteiger partial charge in [-0.3, -0.25) is 4.79 Å². The highest BCUT2D eigenvalue weighted by Crippen LogP contribution is 2.39. The molecule has 0 saturated heterocycles. The average Bonchev–Trinajstić information content (AvgIpc) is 3.38. The molecule has 1 aliphatic rings. The van der Waals surface area contributed by atoms with E-state index in [0.29, 0.717) is 12.4 Å². The predicted molar refractivity (Wildman–Crippen MR) is 109 cm³/mol. The first kappa shape index (κ1) is 18.1. The van der Waals surface area contributed by atoms with E-state index in [1.807, 2.05) is 42.2 Å². The molecule has 0 unspecified atom stereocenters. The van der Waals surface area contributed by atoms with E-state index in [1.165, 1.54) is 15.3 Å². The molecule has 1 amide bonds. The Bertz CT molecular complexity index is 887. The molecule has 1 aliphatic heterocycles. The van der Waals surface area contributed by atoms with E-state index in [-0.39, 0.29) is 18.6 Å². The highest BCUT2D eigenvalue weighted by molar-refractivity contribution is 7.10. The van der Waals surface area contributed by atoms with Gasteiger partial charge in [0.1, 0.15) is 11.5 Å². The van der Waals surface area contributed by atoms with Crippen LogP contribution in [0.15, 0.2) is 53.2 Å². The molecular formula is C21H21NO3S2. The normalized spacial score (nSPS) is 16.0. The third-order valence-electron chi connectivity index (χ3n) is 4.60. The second kappa shape index (κ2) is 8.15. The Balaban J connectivity index is 1.47. The third kappa shape index (κ3) is 3.87. The first-order valence-corrected chi connectivity index (χ1v) is 10.8. The van der Waals surface area contributed by atoms with Gasteiger partial charge in [-0.25, -0.2) is 0 Å². The lowest BCUT2D eigenvalue weighted by molar-refractivity contribution is -0.135. The van der Waals surface area contributed by atoms with Gasteiger partial charge in [0.2, 0.25) is 0 Å². The fraction of sp³-hybridized carbons (Fsp3) is 0.286. The SMILES string of the molecule is CCOc1ccc(OCC(=O)N2CCc3sccc3[C@H]2c2cccs2)cc1. The van der Waals surface area contributed by atoms with Crippen LogP contribution in [0.2, 0.25) is 0 Å². The Kier molecular flexibility index (Phi) is 5.45. The summed E-state index contributed by atoms with van der Waals surface area (Å²) in [5, 5.41) is 4.19. The minimum absolute atomic E-state index is 0.00331. The van der Waals surface area contributed by atoms with Crippen molar-refractivity contribution in [3.63, 3.8) is 0 Å². The standard InChI is InChI=1S/C21H21NO3S2/c1-2-24-15-5-7-16(8-6-15)25-14-20(23)22-11-9-18-17(10-13-27-18)21(22)19-4-3-12-26-19/h3-8,10,12-13,21H,2,9,11,14H2,1H3/t21-/m0/s1. The number of carbonyl (C=O) groups excluding carboxylic acids is 1. The van der Waals surface area contributed by atoms with Gasteiger partial charge in [-0.05, 0) is 66.1 Å². The maximum Gasteiger partial charge on any atom is 0.261 e. The average molecular weight is 400 g/mol. The van der Waals surface area contributed by atoms with Crippen molar-refractivity contribution < 1.29 is 14.3 Å². The van der Waals surface area contributed by atoms with Crippen LogP contribution in [0.25, 0.3) is 0 Å². The zero-order valence-electron chi connectivity index (χ0n) is 15.1. The van der Waals surface area contributed by atoms with Crippen LogP contribution < -0.4 is 9.47 Å². The number of thiophene rings is 2. The van der Waals surface area contributed by atoms with Crippen molar-refractivity contribution in [2.24, 2.45) is 0 Å². The van der Waals surface area contributed by atoms with E-state index in [9.17, 15) is 4.79 Å². The summed E-state index contributed by atoms with van der Waals surface area (Å²) in [5.74, 6) is 1.49. The summed E-state index contributed by atoms with van der Waals surface area (Å²) in [6.07, 6.45) is 0.906. The van der Waals surface area contributed by atoms with Crippen molar-refractivity contribution in [1.82, 2.24) is 4.90 Å². The minimum Gasteiger partial charge on any atom is -0.494 e. The third-order valence-corrected chi connectivity index (χ3v) is 6.52. The van der Waals surface area contributed by atoms with Gasteiger partial charge in [0.15, 0.2) is 6.61 Å². The lowest BCUT2D eigenvalue weighted by Gasteiger charge is -2.35. The number of hydrogen-bond donors (Lipinski definition) is 0. The largest absolute Gasteiger partial charge is 0.494 e. The van der Waals surface area contributed by atoms with Gasteiger partial charge >= 0.3 is 0 Å². The van der Waals surface area contributed by atoms with Gasteiger partial charge < -0.3 is 14.4 Å². The number of hydrogen-bond acceptors (Lipinski definition) is 5. The number of rotatable bonds is 6. The molecule has 3 heterocycles. The molecule has 1 aromatic carbocycles. The van der Waals surface area contributed by atoms with Crippen molar-refractivity contribution in [3.8, 4) is 11.5 Å². The van der Waals surface area contributed by atoms with E-state index in [1.54, 1.807) is 22.7 Å². The summed E-state index contributed by atoms with van der Waals surface area (Å²) in [5.41, 5.74) is 1.25.